The van der Waals surface area contributed by atoms with Crippen LogP contribution in [-0.2, 0) is 4.79 Å². The molecule has 1 aliphatic heterocycles. The Morgan fingerprint density at radius 2 is 2.15 bits per heavy atom. The minimum atomic E-state index is -0.374. The molecule has 1 heterocycles. The molecule has 1 aromatic rings. The third kappa shape index (κ3) is 2.49. The van der Waals surface area contributed by atoms with E-state index in [1.54, 1.807) is 18.2 Å². The summed E-state index contributed by atoms with van der Waals surface area (Å²) >= 11 is 0. The Morgan fingerprint density at radius 3 is 2.70 bits per heavy atom. The molecule has 0 aromatic heterocycles. The predicted octanol–water partition coefficient (Wildman–Crippen LogP) is 1.76. The van der Waals surface area contributed by atoms with Crippen molar-refractivity contribution < 1.29 is 4.79 Å². The molecule has 1 fully saturated rings. The fourth-order valence-corrected chi connectivity index (χ4v) is 2.48. The van der Waals surface area contributed by atoms with Crippen LogP contribution in [0.1, 0.15) is 30.9 Å². The highest BCUT2D eigenvalue weighted by molar-refractivity contribution is 5.96. The smallest absolute Gasteiger partial charge is 0.231 e. The number of anilines is 1. The first-order valence-corrected chi connectivity index (χ1v) is 6.61. The number of hydrogen-bond donors (Lipinski definition) is 2. The van der Waals surface area contributed by atoms with Gasteiger partial charge in [0.25, 0.3) is 0 Å². The summed E-state index contributed by atoms with van der Waals surface area (Å²) < 4.78 is 0. The maximum Gasteiger partial charge on any atom is 0.231 e. The second kappa shape index (κ2) is 5.73. The van der Waals surface area contributed by atoms with Crippen LogP contribution < -0.4 is 10.6 Å². The second-order valence-corrected chi connectivity index (χ2v) is 5.00. The van der Waals surface area contributed by atoms with Crippen LogP contribution in [0.25, 0.3) is 0 Å². The number of carbonyl (C=O) groups excluding carboxylic acids is 1. The fourth-order valence-electron chi connectivity index (χ4n) is 2.48. The average molecular weight is 268 g/mol. The van der Waals surface area contributed by atoms with Gasteiger partial charge in [-0.2, -0.15) is 10.5 Å². The lowest BCUT2D eigenvalue weighted by Gasteiger charge is -2.25. The summed E-state index contributed by atoms with van der Waals surface area (Å²) in [7, 11) is 0. The molecule has 1 saturated heterocycles. The van der Waals surface area contributed by atoms with Crippen molar-refractivity contribution >= 4 is 11.6 Å². The topological polar surface area (TPSA) is 88.7 Å². The van der Waals surface area contributed by atoms with Gasteiger partial charge in [-0.25, -0.2) is 0 Å². The van der Waals surface area contributed by atoms with Gasteiger partial charge in [-0.1, -0.05) is 6.92 Å². The maximum absolute atomic E-state index is 12.4. The van der Waals surface area contributed by atoms with Gasteiger partial charge in [0.05, 0.1) is 16.5 Å². The van der Waals surface area contributed by atoms with Gasteiger partial charge >= 0.3 is 0 Å². The number of rotatable bonds is 3. The number of hydrogen-bond acceptors (Lipinski definition) is 4. The highest BCUT2D eigenvalue weighted by Gasteiger charge is 2.39. The van der Waals surface area contributed by atoms with Gasteiger partial charge in [-0.15, -0.1) is 0 Å². The number of carbonyl (C=O) groups is 1. The van der Waals surface area contributed by atoms with Crippen LogP contribution in [0, 0.1) is 28.1 Å². The number of benzene rings is 1. The van der Waals surface area contributed by atoms with Gasteiger partial charge < -0.3 is 10.6 Å². The molecule has 1 unspecified atom stereocenters. The summed E-state index contributed by atoms with van der Waals surface area (Å²) in [6.07, 6.45) is 1.59. The zero-order valence-electron chi connectivity index (χ0n) is 11.4. The van der Waals surface area contributed by atoms with Gasteiger partial charge in [0.15, 0.2) is 0 Å². The Bertz CT molecular complexity index is 603. The SMILES string of the molecule is CCC1(C(=O)Nc2ccc(C#N)c(C#N)c2)CCNC1. The molecule has 20 heavy (non-hydrogen) atoms. The van der Waals surface area contributed by atoms with Crippen LogP contribution >= 0.6 is 0 Å². The van der Waals surface area contributed by atoms with E-state index in [2.05, 4.69) is 10.6 Å². The van der Waals surface area contributed by atoms with Crippen LogP contribution in [-0.4, -0.2) is 19.0 Å². The van der Waals surface area contributed by atoms with E-state index in [-0.39, 0.29) is 16.9 Å². The van der Waals surface area contributed by atoms with Crippen LogP contribution in [0.5, 0.6) is 0 Å². The van der Waals surface area contributed by atoms with Gasteiger partial charge in [-0.3, -0.25) is 4.79 Å². The lowest BCUT2D eigenvalue weighted by Crippen LogP contribution is -2.37. The van der Waals surface area contributed by atoms with E-state index in [0.717, 1.165) is 19.4 Å². The van der Waals surface area contributed by atoms with E-state index in [1.807, 2.05) is 19.1 Å². The summed E-state index contributed by atoms with van der Waals surface area (Å²) in [5.41, 5.74) is 0.782. The van der Waals surface area contributed by atoms with Crippen LogP contribution in [0.3, 0.4) is 0 Å². The largest absolute Gasteiger partial charge is 0.326 e. The molecule has 0 saturated carbocycles. The van der Waals surface area contributed by atoms with Crippen molar-refractivity contribution in [2.75, 3.05) is 18.4 Å². The number of nitrogens with one attached hydrogen (secondary N) is 2. The minimum absolute atomic E-state index is 0.0291. The maximum atomic E-state index is 12.4. The molecule has 2 N–H and O–H groups in total. The summed E-state index contributed by atoms with van der Waals surface area (Å²) in [5.74, 6) is -0.0291. The van der Waals surface area contributed by atoms with E-state index < -0.39 is 0 Å². The summed E-state index contributed by atoms with van der Waals surface area (Å²) in [5, 5.41) is 23.9. The van der Waals surface area contributed by atoms with E-state index >= 15 is 0 Å². The molecule has 1 atom stereocenters. The van der Waals surface area contributed by atoms with E-state index in [9.17, 15) is 4.79 Å². The van der Waals surface area contributed by atoms with Crippen LogP contribution in [0.2, 0.25) is 0 Å². The van der Waals surface area contributed by atoms with Crippen LogP contribution in [0.4, 0.5) is 5.69 Å². The Labute approximate surface area is 118 Å². The Morgan fingerprint density at radius 1 is 1.40 bits per heavy atom. The van der Waals surface area contributed by atoms with Gasteiger partial charge in [0, 0.05) is 12.2 Å². The summed E-state index contributed by atoms with van der Waals surface area (Å²) in [6.45, 7) is 3.53. The molecule has 0 bridgehead atoms. The lowest BCUT2D eigenvalue weighted by atomic mass is 9.83. The van der Waals surface area contributed by atoms with E-state index in [0.29, 0.717) is 17.8 Å². The predicted molar refractivity (Wildman–Crippen MR) is 74.7 cm³/mol. The summed E-state index contributed by atoms with van der Waals surface area (Å²) in [6, 6.07) is 8.68. The average Bonchev–Trinajstić information content (AvgIpc) is 2.97. The highest BCUT2D eigenvalue weighted by atomic mass is 16.2. The Balaban J connectivity index is 2.20. The molecule has 5 nitrogen and oxygen atoms in total. The molecular weight excluding hydrogens is 252 g/mol. The zero-order valence-corrected chi connectivity index (χ0v) is 11.4. The molecule has 1 aliphatic rings. The molecular formula is C15H16N4O. The van der Waals surface area contributed by atoms with E-state index in [4.69, 9.17) is 10.5 Å². The van der Waals surface area contributed by atoms with Crippen LogP contribution in [0.15, 0.2) is 18.2 Å². The Hall–Kier alpha value is -2.37. The van der Waals surface area contributed by atoms with Crippen molar-refractivity contribution in [3.8, 4) is 12.1 Å². The second-order valence-electron chi connectivity index (χ2n) is 5.00. The quantitative estimate of drug-likeness (QED) is 0.874. The molecule has 1 aromatic carbocycles. The van der Waals surface area contributed by atoms with E-state index in [1.165, 1.54) is 0 Å². The normalized spacial score (nSPS) is 20.9. The summed E-state index contributed by atoms with van der Waals surface area (Å²) in [4.78, 5) is 12.4. The third-order valence-electron chi connectivity index (χ3n) is 3.92. The fraction of sp³-hybridized carbons (Fsp3) is 0.400. The standard InChI is InChI=1S/C15H16N4O/c1-2-15(5-6-18-10-15)14(20)19-13-4-3-11(8-16)12(7-13)9-17/h3-4,7,18H,2,5-6,10H2,1H3,(H,19,20). The van der Waals surface area contributed by atoms with Crippen molar-refractivity contribution in [2.45, 2.75) is 19.8 Å². The van der Waals surface area contributed by atoms with Crippen molar-refractivity contribution in [1.29, 1.82) is 10.5 Å². The van der Waals surface area contributed by atoms with Crippen molar-refractivity contribution in [1.82, 2.24) is 5.32 Å². The molecule has 0 radical (unpaired) electrons. The first-order chi connectivity index (χ1) is 9.65. The zero-order chi connectivity index (χ0) is 14.6. The first kappa shape index (κ1) is 14.0. The van der Waals surface area contributed by atoms with Gasteiger partial charge in [0.2, 0.25) is 5.91 Å². The highest BCUT2D eigenvalue weighted by Crippen LogP contribution is 2.31. The number of nitrogens with zero attached hydrogens (tertiary/aromatic N) is 2. The Kier molecular flexibility index (Phi) is 4.02. The van der Waals surface area contributed by atoms with Gasteiger partial charge in [0.1, 0.15) is 12.1 Å². The lowest BCUT2D eigenvalue weighted by molar-refractivity contribution is -0.124. The molecule has 0 aliphatic carbocycles. The van der Waals surface area contributed by atoms with Crippen molar-refractivity contribution in [3.05, 3.63) is 29.3 Å². The monoisotopic (exact) mass is 268 g/mol. The number of amides is 1. The first-order valence-electron chi connectivity index (χ1n) is 6.61. The molecule has 5 heteroatoms. The molecule has 1 amide bonds. The molecule has 2 rings (SSSR count). The van der Waals surface area contributed by atoms with Crippen molar-refractivity contribution in [2.24, 2.45) is 5.41 Å². The third-order valence-corrected chi connectivity index (χ3v) is 3.92. The molecule has 102 valence electrons. The van der Waals surface area contributed by atoms with Gasteiger partial charge in [-0.05, 0) is 37.6 Å². The minimum Gasteiger partial charge on any atom is -0.326 e. The number of nitriles is 2. The van der Waals surface area contributed by atoms with Crippen molar-refractivity contribution in [3.63, 3.8) is 0 Å². The molecule has 0 spiro atoms.